The third-order valence-corrected chi connectivity index (χ3v) is 6.18. The number of ether oxygens (including phenoxy) is 1. The Morgan fingerprint density at radius 2 is 1.66 bits per heavy atom. The molecule has 0 aliphatic rings. The van der Waals surface area contributed by atoms with Gasteiger partial charge in [0.2, 0.25) is 0 Å². The van der Waals surface area contributed by atoms with Crippen LogP contribution in [0, 0.1) is 0 Å². The minimum atomic E-state index is -4.36. The molecule has 2 aromatic heterocycles. The molecule has 0 aliphatic heterocycles. The van der Waals surface area contributed by atoms with Gasteiger partial charge in [0.15, 0.2) is 0 Å². The van der Waals surface area contributed by atoms with Crippen LogP contribution in [0.1, 0.15) is 10.4 Å². The number of thiazole rings is 1. The van der Waals surface area contributed by atoms with Crippen molar-refractivity contribution in [2.45, 2.75) is 12.8 Å². The van der Waals surface area contributed by atoms with Gasteiger partial charge in [-0.25, -0.2) is 4.98 Å². The standard InChI is InChI=1S/C25H17F3N2OS/c26-25(27,28)19-8-6-17(7-9-19)24-30-23(16-4-2-1-3-5-16)22(32-24)15-31-20-10-11-21-18(14-20)12-13-29-21/h1-14,29H,15H2. The summed E-state index contributed by atoms with van der Waals surface area (Å²) >= 11 is 1.42. The van der Waals surface area contributed by atoms with E-state index in [1.165, 1.54) is 23.5 Å². The zero-order valence-electron chi connectivity index (χ0n) is 16.7. The number of nitrogens with zero attached hydrogens (tertiary/aromatic N) is 1. The molecule has 7 heteroatoms. The first kappa shape index (κ1) is 20.3. The fraction of sp³-hybridized carbons (Fsp3) is 0.0800. The molecular weight excluding hydrogens is 433 g/mol. The second-order valence-corrected chi connectivity index (χ2v) is 8.33. The van der Waals surface area contributed by atoms with E-state index in [1.54, 1.807) is 0 Å². The summed E-state index contributed by atoms with van der Waals surface area (Å²) in [6.07, 6.45) is -2.49. The van der Waals surface area contributed by atoms with Crippen LogP contribution in [-0.4, -0.2) is 9.97 Å². The van der Waals surface area contributed by atoms with Crippen LogP contribution >= 0.6 is 11.3 Å². The second kappa shape index (κ2) is 8.16. The highest BCUT2D eigenvalue weighted by atomic mass is 32.1. The van der Waals surface area contributed by atoms with Gasteiger partial charge >= 0.3 is 6.18 Å². The quantitative estimate of drug-likeness (QED) is 0.300. The number of benzene rings is 3. The van der Waals surface area contributed by atoms with Crippen molar-refractivity contribution in [2.75, 3.05) is 0 Å². The van der Waals surface area contributed by atoms with E-state index in [9.17, 15) is 13.2 Å². The van der Waals surface area contributed by atoms with Crippen molar-refractivity contribution in [2.24, 2.45) is 0 Å². The van der Waals surface area contributed by atoms with Crippen LogP contribution in [0.5, 0.6) is 5.75 Å². The van der Waals surface area contributed by atoms with Crippen molar-refractivity contribution >= 4 is 22.2 Å². The van der Waals surface area contributed by atoms with E-state index in [4.69, 9.17) is 9.72 Å². The third kappa shape index (κ3) is 4.11. The molecule has 0 spiro atoms. The topological polar surface area (TPSA) is 37.9 Å². The number of fused-ring (bicyclic) bond motifs is 1. The Morgan fingerprint density at radius 3 is 2.41 bits per heavy atom. The summed E-state index contributed by atoms with van der Waals surface area (Å²) in [6.45, 7) is 0.304. The Bertz CT molecular complexity index is 1360. The molecule has 0 aliphatic carbocycles. The van der Waals surface area contributed by atoms with Crippen molar-refractivity contribution in [3.05, 3.63) is 95.5 Å². The van der Waals surface area contributed by atoms with Crippen molar-refractivity contribution in [3.63, 3.8) is 0 Å². The fourth-order valence-electron chi connectivity index (χ4n) is 3.47. The maximum Gasteiger partial charge on any atom is 0.416 e. The van der Waals surface area contributed by atoms with Gasteiger partial charge in [0.05, 0.1) is 16.1 Å². The van der Waals surface area contributed by atoms with Gasteiger partial charge in [-0.15, -0.1) is 11.3 Å². The van der Waals surface area contributed by atoms with E-state index in [2.05, 4.69) is 4.98 Å². The summed E-state index contributed by atoms with van der Waals surface area (Å²) in [5, 5.41) is 1.71. The van der Waals surface area contributed by atoms with Gasteiger partial charge in [0, 0.05) is 28.2 Å². The zero-order chi connectivity index (χ0) is 22.1. The lowest BCUT2D eigenvalue weighted by atomic mass is 10.1. The Morgan fingerprint density at radius 1 is 0.875 bits per heavy atom. The lowest BCUT2D eigenvalue weighted by Crippen LogP contribution is -2.03. The molecule has 2 heterocycles. The minimum absolute atomic E-state index is 0.304. The number of aromatic nitrogens is 2. The molecule has 0 saturated heterocycles. The first-order valence-corrected chi connectivity index (χ1v) is 10.7. The number of nitrogens with one attached hydrogen (secondary N) is 1. The van der Waals surface area contributed by atoms with Crippen molar-refractivity contribution in [1.82, 2.24) is 9.97 Å². The van der Waals surface area contributed by atoms with Gasteiger partial charge in [-0.2, -0.15) is 13.2 Å². The van der Waals surface area contributed by atoms with Crippen LogP contribution in [0.3, 0.4) is 0 Å². The molecule has 0 amide bonds. The number of rotatable bonds is 5. The molecule has 3 nitrogen and oxygen atoms in total. The largest absolute Gasteiger partial charge is 0.488 e. The van der Waals surface area contributed by atoms with Gasteiger partial charge in [-0.05, 0) is 36.4 Å². The molecule has 3 aromatic carbocycles. The Kier molecular flexibility index (Phi) is 5.19. The second-order valence-electron chi connectivity index (χ2n) is 7.25. The molecule has 160 valence electrons. The van der Waals surface area contributed by atoms with E-state index in [0.717, 1.165) is 44.9 Å². The highest BCUT2D eigenvalue weighted by molar-refractivity contribution is 7.15. The molecule has 0 fully saturated rings. The van der Waals surface area contributed by atoms with Crippen molar-refractivity contribution in [1.29, 1.82) is 0 Å². The Labute approximate surface area is 186 Å². The smallest absolute Gasteiger partial charge is 0.416 e. The van der Waals surface area contributed by atoms with Crippen LogP contribution in [0.15, 0.2) is 85.1 Å². The molecule has 1 N–H and O–H groups in total. The van der Waals surface area contributed by atoms with Crippen LogP contribution in [-0.2, 0) is 12.8 Å². The molecule has 5 rings (SSSR count). The van der Waals surface area contributed by atoms with Crippen LogP contribution < -0.4 is 4.74 Å². The van der Waals surface area contributed by atoms with Crippen molar-refractivity contribution < 1.29 is 17.9 Å². The van der Waals surface area contributed by atoms with Gasteiger partial charge in [-0.3, -0.25) is 0 Å². The summed E-state index contributed by atoms with van der Waals surface area (Å²) in [5.74, 6) is 0.737. The number of hydrogen-bond acceptors (Lipinski definition) is 3. The first-order valence-electron chi connectivity index (χ1n) is 9.90. The number of aromatic amines is 1. The summed E-state index contributed by atoms with van der Waals surface area (Å²) in [7, 11) is 0. The third-order valence-electron chi connectivity index (χ3n) is 5.10. The molecule has 5 aromatic rings. The summed E-state index contributed by atoms with van der Waals surface area (Å²) < 4.78 is 44.8. The van der Waals surface area contributed by atoms with Crippen LogP contribution in [0.2, 0.25) is 0 Å². The first-order chi connectivity index (χ1) is 15.5. The lowest BCUT2D eigenvalue weighted by Gasteiger charge is -2.07. The highest BCUT2D eigenvalue weighted by Crippen LogP contribution is 2.36. The number of hydrogen-bond donors (Lipinski definition) is 1. The van der Waals surface area contributed by atoms with E-state index in [-0.39, 0.29) is 0 Å². The average molecular weight is 450 g/mol. The van der Waals surface area contributed by atoms with E-state index in [0.29, 0.717) is 17.2 Å². The normalized spacial score (nSPS) is 11.7. The zero-order valence-corrected chi connectivity index (χ0v) is 17.5. The maximum absolute atomic E-state index is 12.9. The molecule has 0 radical (unpaired) electrons. The molecule has 0 unspecified atom stereocenters. The molecule has 0 saturated carbocycles. The monoisotopic (exact) mass is 450 g/mol. The SMILES string of the molecule is FC(F)(F)c1ccc(-c2nc(-c3ccccc3)c(COc3ccc4[nH]ccc4c3)s2)cc1. The number of alkyl halides is 3. The molecule has 0 bridgehead atoms. The summed E-state index contributed by atoms with van der Waals surface area (Å²) in [4.78, 5) is 8.80. The van der Waals surface area contributed by atoms with E-state index < -0.39 is 11.7 Å². The predicted molar refractivity (Wildman–Crippen MR) is 121 cm³/mol. The lowest BCUT2D eigenvalue weighted by molar-refractivity contribution is -0.137. The van der Waals surface area contributed by atoms with E-state index >= 15 is 0 Å². The molecule has 32 heavy (non-hydrogen) atoms. The van der Waals surface area contributed by atoms with Gasteiger partial charge < -0.3 is 9.72 Å². The van der Waals surface area contributed by atoms with Gasteiger partial charge in [0.1, 0.15) is 17.4 Å². The number of halogens is 3. The van der Waals surface area contributed by atoms with Crippen LogP contribution in [0.4, 0.5) is 13.2 Å². The number of H-pyrrole nitrogens is 1. The molecular formula is C25H17F3N2OS. The van der Waals surface area contributed by atoms with Gasteiger partial charge in [0.25, 0.3) is 0 Å². The Balaban J connectivity index is 1.47. The minimum Gasteiger partial charge on any atom is -0.488 e. The van der Waals surface area contributed by atoms with Crippen LogP contribution in [0.25, 0.3) is 32.7 Å². The maximum atomic E-state index is 12.9. The fourth-order valence-corrected chi connectivity index (χ4v) is 4.47. The summed E-state index contributed by atoms with van der Waals surface area (Å²) in [6, 6.07) is 22.6. The average Bonchev–Trinajstić information content (AvgIpc) is 3.44. The summed E-state index contributed by atoms with van der Waals surface area (Å²) in [5.41, 5.74) is 2.70. The predicted octanol–water partition coefficient (Wildman–Crippen LogP) is 7.56. The van der Waals surface area contributed by atoms with Crippen molar-refractivity contribution in [3.8, 4) is 27.6 Å². The van der Waals surface area contributed by atoms with E-state index in [1.807, 2.05) is 60.8 Å². The van der Waals surface area contributed by atoms with Gasteiger partial charge in [-0.1, -0.05) is 42.5 Å². The highest BCUT2D eigenvalue weighted by Gasteiger charge is 2.30. The molecule has 0 atom stereocenters. The Hall–Kier alpha value is -3.58.